The number of aromatic nitrogens is 1. The minimum atomic E-state index is 0.518. The van der Waals surface area contributed by atoms with Gasteiger partial charge in [-0.1, -0.05) is 35.9 Å². The monoisotopic (exact) mass is 334 g/mol. The Kier molecular flexibility index (Phi) is 5.52. The zero-order valence-corrected chi connectivity index (χ0v) is 14.5. The number of pyridine rings is 1. The molecule has 0 aliphatic rings. The molecule has 0 aliphatic heterocycles. The van der Waals surface area contributed by atoms with Crippen molar-refractivity contribution in [1.29, 1.82) is 0 Å². The zero-order chi connectivity index (χ0) is 17.5. The Morgan fingerprint density at radius 1 is 1.00 bits per heavy atom. The standard InChI is InChI=1S/C21H22N2O2/c1-16-6-8-17(9-7-16)15-25-20-13-19(24-2)11-10-18(20)14-23-21-5-3-4-12-22-21/h3-13H,14-15H2,1-2H3,(H,22,23). The first-order valence-electron chi connectivity index (χ1n) is 8.25. The van der Waals surface area contributed by atoms with E-state index in [0.29, 0.717) is 13.2 Å². The van der Waals surface area contributed by atoms with Gasteiger partial charge in [-0.05, 0) is 36.8 Å². The first-order valence-corrected chi connectivity index (χ1v) is 8.25. The topological polar surface area (TPSA) is 43.4 Å². The Labute approximate surface area is 148 Å². The van der Waals surface area contributed by atoms with Crippen LogP contribution in [0.25, 0.3) is 0 Å². The van der Waals surface area contributed by atoms with Gasteiger partial charge < -0.3 is 14.8 Å². The van der Waals surface area contributed by atoms with Gasteiger partial charge in [0, 0.05) is 24.4 Å². The van der Waals surface area contributed by atoms with Crippen LogP contribution >= 0.6 is 0 Å². The van der Waals surface area contributed by atoms with Crippen LogP contribution in [0, 0.1) is 6.92 Å². The van der Waals surface area contributed by atoms with E-state index in [2.05, 4.69) is 41.5 Å². The van der Waals surface area contributed by atoms with E-state index in [1.165, 1.54) is 5.56 Å². The van der Waals surface area contributed by atoms with Crippen molar-refractivity contribution in [1.82, 2.24) is 4.98 Å². The molecule has 1 aromatic heterocycles. The SMILES string of the molecule is COc1ccc(CNc2ccccn2)c(OCc2ccc(C)cc2)c1. The minimum Gasteiger partial charge on any atom is -0.497 e. The molecule has 1 heterocycles. The molecule has 4 nitrogen and oxygen atoms in total. The van der Waals surface area contributed by atoms with Gasteiger partial charge in [0.05, 0.1) is 7.11 Å². The molecule has 2 aromatic carbocycles. The lowest BCUT2D eigenvalue weighted by atomic mass is 10.1. The summed E-state index contributed by atoms with van der Waals surface area (Å²) in [5, 5.41) is 3.31. The summed E-state index contributed by atoms with van der Waals surface area (Å²) in [5.74, 6) is 2.42. The summed E-state index contributed by atoms with van der Waals surface area (Å²) in [4.78, 5) is 4.28. The van der Waals surface area contributed by atoms with Gasteiger partial charge in [-0.2, -0.15) is 0 Å². The van der Waals surface area contributed by atoms with Crippen LogP contribution in [-0.2, 0) is 13.2 Å². The van der Waals surface area contributed by atoms with E-state index in [-0.39, 0.29) is 0 Å². The molecule has 25 heavy (non-hydrogen) atoms. The molecule has 0 saturated carbocycles. The number of hydrogen-bond donors (Lipinski definition) is 1. The van der Waals surface area contributed by atoms with Crippen LogP contribution in [0.2, 0.25) is 0 Å². The Balaban J connectivity index is 1.72. The number of benzene rings is 2. The van der Waals surface area contributed by atoms with Crippen molar-refractivity contribution in [3.63, 3.8) is 0 Å². The average Bonchev–Trinajstić information content (AvgIpc) is 2.67. The summed E-state index contributed by atoms with van der Waals surface area (Å²) in [7, 11) is 1.66. The van der Waals surface area contributed by atoms with Crippen molar-refractivity contribution in [2.45, 2.75) is 20.1 Å². The molecule has 0 saturated heterocycles. The molecule has 0 unspecified atom stereocenters. The third-order valence-corrected chi connectivity index (χ3v) is 3.91. The fourth-order valence-electron chi connectivity index (χ4n) is 2.44. The lowest BCUT2D eigenvalue weighted by molar-refractivity contribution is 0.300. The van der Waals surface area contributed by atoms with Gasteiger partial charge in [-0.25, -0.2) is 4.98 Å². The molecule has 0 atom stereocenters. The van der Waals surface area contributed by atoms with Crippen molar-refractivity contribution in [3.05, 3.63) is 83.6 Å². The summed E-state index contributed by atoms with van der Waals surface area (Å²) in [6.45, 7) is 3.22. The normalized spacial score (nSPS) is 10.3. The second-order valence-corrected chi connectivity index (χ2v) is 5.82. The van der Waals surface area contributed by atoms with Gasteiger partial charge >= 0.3 is 0 Å². The number of aryl methyl sites for hydroxylation is 1. The molecule has 0 amide bonds. The van der Waals surface area contributed by atoms with Crippen LogP contribution in [0.4, 0.5) is 5.82 Å². The lowest BCUT2D eigenvalue weighted by Crippen LogP contribution is -2.05. The number of rotatable bonds is 7. The zero-order valence-electron chi connectivity index (χ0n) is 14.5. The van der Waals surface area contributed by atoms with E-state index >= 15 is 0 Å². The smallest absolute Gasteiger partial charge is 0.128 e. The molecular formula is C21H22N2O2. The number of anilines is 1. The average molecular weight is 334 g/mol. The third-order valence-electron chi connectivity index (χ3n) is 3.91. The number of hydrogen-bond acceptors (Lipinski definition) is 4. The maximum Gasteiger partial charge on any atom is 0.128 e. The second kappa shape index (κ2) is 8.20. The fourth-order valence-corrected chi connectivity index (χ4v) is 2.44. The second-order valence-electron chi connectivity index (χ2n) is 5.82. The van der Waals surface area contributed by atoms with Crippen molar-refractivity contribution in [2.24, 2.45) is 0 Å². The summed E-state index contributed by atoms with van der Waals surface area (Å²) >= 11 is 0. The summed E-state index contributed by atoms with van der Waals surface area (Å²) in [6, 6.07) is 20.0. The van der Waals surface area contributed by atoms with Gasteiger partial charge in [0.25, 0.3) is 0 Å². The molecule has 3 aromatic rings. The number of nitrogens with one attached hydrogen (secondary N) is 1. The van der Waals surface area contributed by atoms with Gasteiger partial charge in [-0.3, -0.25) is 0 Å². The molecule has 4 heteroatoms. The van der Waals surface area contributed by atoms with E-state index in [0.717, 1.165) is 28.4 Å². The Bertz CT molecular complexity index is 802. The summed E-state index contributed by atoms with van der Waals surface area (Å²) in [5.41, 5.74) is 3.43. The van der Waals surface area contributed by atoms with Crippen LogP contribution in [0.3, 0.4) is 0 Å². The molecule has 0 fully saturated rings. The predicted octanol–water partition coefficient (Wildman–Crippen LogP) is 4.59. The van der Waals surface area contributed by atoms with E-state index in [9.17, 15) is 0 Å². The van der Waals surface area contributed by atoms with Crippen LogP contribution in [0.15, 0.2) is 66.9 Å². The van der Waals surface area contributed by atoms with Crippen molar-refractivity contribution >= 4 is 5.82 Å². The van der Waals surface area contributed by atoms with Crippen LogP contribution in [0.5, 0.6) is 11.5 Å². The van der Waals surface area contributed by atoms with Gasteiger partial charge in [0.15, 0.2) is 0 Å². The highest BCUT2D eigenvalue weighted by Crippen LogP contribution is 2.26. The van der Waals surface area contributed by atoms with Crippen LogP contribution in [0.1, 0.15) is 16.7 Å². The highest BCUT2D eigenvalue weighted by molar-refractivity contribution is 5.44. The molecule has 0 spiro atoms. The minimum absolute atomic E-state index is 0.518. The number of nitrogens with zero attached hydrogens (tertiary/aromatic N) is 1. The molecule has 3 rings (SSSR count). The van der Waals surface area contributed by atoms with Gasteiger partial charge in [-0.15, -0.1) is 0 Å². The Morgan fingerprint density at radius 3 is 2.56 bits per heavy atom. The van der Waals surface area contributed by atoms with Gasteiger partial charge in [0.2, 0.25) is 0 Å². The third kappa shape index (κ3) is 4.73. The van der Waals surface area contributed by atoms with E-state index in [4.69, 9.17) is 9.47 Å². The van der Waals surface area contributed by atoms with Gasteiger partial charge in [0.1, 0.15) is 23.9 Å². The fraction of sp³-hybridized carbons (Fsp3) is 0.190. The number of methoxy groups -OCH3 is 1. The highest BCUT2D eigenvalue weighted by Gasteiger charge is 2.07. The molecule has 0 aliphatic carbocycles. The summed E-state index contributed by atoms with van der Waals surface area (Å²) in [6.07, 6.45) is 1.77. The quantitative estimate of drug-likeness (QED) is 0.686. The summed E-state index contributed by atoms with van der Waals surface area (Å²) < 4.78 is 11.4. The van der Waals surface area contributed by atoms with Crippen molar-refractivity contribution in [3.8, 4) is 11.5 Å². The molecular weight excluding hydrogens is 312 g/mol. The Hall–Kier alpha value is -3.01. The van der Waals surface area contributed by atoms with Crippen molar-refractivity contribution < 1.29 is 9.47 Å². The van der Waals surface area contributed by atoms with Crippen LogP contribution in [-0.4, -0.2) is 12.1 Å². The van der Waals surface area contributed by atoms with E-state index in [1.54, 1.807) is 13.3 Å². The van der Waals surface area contributed by atoms with Crippen LogP contribution < -0.4 is 14.8 Å². The largest absolute Gasteiger partial charge is 0.497 e. The molecule has 0 bridgehead atoms. The maximum atomic E-state index is 6.05. The van der Waals surface area contributed by atoms with Crippen molar-refractivity contribution in [2.75, 3.05) is 12.4 Å². The highest BCUT2D eigenvalue weighted by atomic mass is 16.5. The molecule has 1 N–H and O–H groups in total. The first-order chi connectivity index (χ1) is 12.2. The predicted molar refractivity (Wildman–Crippen MR) is 100 cm³/mol. The molecule has 128 valence electrons. The lowest BCUT2D eigenvalue weighted by Gasteiger charge is -2.14. The molecule has 0 radical (unpaired) electrons. The van der Waals surface area contributed by atoms with E-state index in [1.807, 2.05) is 36.4 Å². The first kappa shape index (κ1) is 16.8. The van der Waals surface area contributed by atoms with E-state index < -0.39 is 0 Å². The Morgan fingerprint density at radius 2 is 1.84 bits per heavy atom. The number of ether oxygens (including phenoxy) is 2. The maximum absolute atomic E-state index is 6.05.